The first-order chi connectivity index (χ1) is 21.5. The quantitative estimate of drug-likeness (QED) is 0.160. The largest absolute Gasteiger partial charge is 0.345 e. The number of aromatic amines is 2. The minimum Gasteiger partial charge on any atom is -0.345 e. The van der Waals surface area contributed by atoms with Crippen molar-refractivity contribution >= 4 is 11.8 Å². The van der Waals surface area contributed by atoms with Gasteiger partial charge in [-0.15, -0.1) is 0 Å². The number of hydrogen-bond acceptors (Lipinski definition) is 4. The second-order valence-electron chi connectivity index (χ2n) is 15.5. The molecule has 0 fully saturated rings. The Morgan fingerprint density at radius 3 is 1.35 bits per heavy atom. The number of imidazole rings is 2. The van der Waals surface area contributed by atoms with E-state index in [9.17, 15) is 9.59 Å². The first-order valence-electron chi connectivity index (χ1n) is 16.5. The minimum atomic E-state index is -0.471. The molecule has 0 unspecified atom stereocenters. The van der Waals surface area contributed by atoms with Crippen LogP contribution < -0.4 is 10.6 Å². The molecule has 1 aliphatic carbocycles. The molecule has 8 nitrogen and oxygen atoms in total. The molecule has 0 radical (unpaired) electrons. The number of rotatable bonds is 8. The van der Waals surface area contributed by atoms with E-state index in [-0.39, 0.29) is 35.7 Å². The van der Waals surface area contributed by atoms with E-state index < -0.39 is 10.8 Å². The van der Waals surface area contributed by atoms with Crippen molar-refractivity contribution < 1.29 is 9.59 Å². The third-order valence-corrected chi connectivity index (χ3v) is 8.84. The summed E-state index contributed by atoms with van der Waals surface area (Å²) in [5, 5.41) is 6.37. The lowest BCUT2D eigenvalue weighted by Gasteiger charge is -2.25. The molecule has 0 spiro atoms. The van der Waals surface area contributed by atoms with E-state index >= 15 is 0 Å². The first-order valence-corrected chi connectivity index (χ1v) is 16.5. The fourth-order valence-electron chi connectivity index (χ4n) is 5.83. The molecule has 4 aromatic rings. The maximum Gasteiger partial charge on any atom is 0.225 e. The Hall–Kier alpha value is -4.20. The number of aromatic nitrogens is 4. The predicted molar refractivity (Wildman–Crippen MR) is 185 cm³/mol. The van der Waals surface area contributed by atoms with Gasteiger partial charge in [-0.1, -0.05) is 93.5 Å². The van der Waals surface area contributed by atoms with Crippen LogP contribution in [0.3, 0.4) is 0 Å². The summed E-state index contributed by atoms with van der Waals surface area (Å²) in [5.41, 5.74) is 8.26. The first kappa shape index (κ1) is 33.2. The van der Waals surface area contributed by atoms with Gasteiger partial charge in [0.25, 0.3) is 0 Å². The van der Waals surface area contributed by atoms with Crippen LogP contribution >= 0.6 is 0 Å². The third kappa shape index (κ3) is 6.96. The zero-order chi connectivity index (χ0) is 33.6. The number of carbonyl (C=O) groups is 2. The molecular formula is C38H50N6O2. The summed E-state index contributed by atoms with van der Waals surface area (Å²) in [5.74, 6) is 1.95. The summed E-state index contributed by atoms with van der Waals surface area (Å²) < 4.78 is 0. The van der Waals surface area contributed by atoms with Crippen LogP contribution in [0.4, 0.5) is 0 Å². The van der Waals surface area contributed by atoms with Gasteiger partial charge in [-0.25, -0.2) is 9.97 Å². The Morgan fingerprint density at radius 2 is 1.02 bits per heavy atom. The normalized spacial score (nSPS) is 14.5. The number of amides is 2. The molecule has 244 valence electrons. The molecule has 0 saturated heterocycles. The van der Waals surface area contributed by atoms with Crippen molar-refractivity contribution in [1.82, 2.24) is 30.6 Å². The summed E-state index contributed by atoms with van der Waals surface area (Å²) in [6.07, 6.45) is 5.63. The fourth-order valence-corrected chi connectivity index (χ4v) is 5.83. The van der Waals surface area contributed by atoms with E-state index in [0.29, 0.717) is 0 Å². The SMILES string of the molecule is CC(C)[C@H](NC(=O)C(C)(C)C)c1ncc(-c2ccc3c(c2)CCc2cc(-c4cnc([C@@H](NC(=O)C(C)(C)C)C(C)C)[nH]4)ccc2-3)[nH]1. The van der Waals surface area contributed by atoms with E-state index in [0.717, 1.165) is 47.0 Å². The molecule has 1 aliphatic rings. The highest BCUT2D eigenvalue weighted by atomic mass is 16.2. The van der Waals surface area contributed by atoms with E-state index in [2.05, 4.69) is 94.7 Å². The number of carbonyl (C=O) groups excluding carboxylic acids is 2. The smallest absolute Gasteiger partial charge is 0.225 e. The minimum absolute atomic E-state index is 0.0112. The molecule has 2 aromatic heterocycles. The van der Waals surface area contributed by atoms with Crippen molar-refractivity contribution in [3.05, 3.63) is 71.6 Å². The third-order valence-electron chi connectivity index (χ3n) is 8.84. The van der Waals surface area contributed by atoms with Crippen LogP contribution in [0.5, 0.6) is 0 Å². The molecule has 0 aliphatic heterocycles. The Kier molecular flexibility index (Phi) is 9.04. The number of fused-ring (bicyclic) bond motifs is 3. The van der Waals surface area contributed by atoms with Crippen molar-refractivity contribution in [2.45, 2.75) is 94.2 Å². The van der Waals surface area contributed by atoms with Gasteiger partial charge in [0, 0.05) is 10.8 Å². The van der Waals surface area contributed by atoms with Gasteiger partial charge >= 0.3 is 0 Å². The van der Waals surface area contributed by atoms with E-state index in [1.807, 2.05) is 53.9 Å². The summed E-state index contributed by atoms with van der Waals surface area (Å²) in [4.78, 5) is 41.8. The number of benzene rings is 2. The van der Waals surface area contributed by atoms with Crippen LogP contribution in [0, 0.1) is 22.7 Å². The highest BCUT2D eigenvalue weighted by molar-refractivity contribution is 5.82. The average molecular weight is 623 g/mol. The number of hydrogen-bond donors (Lipinski definition) is 4. The van der Waals surface area contributed by atoms with Crippen LogP contribution in [0.1, 0.15) is 104 Å². The summed E-state index contributed by atoms with van der Waals surface area (Å²) in [6.45, 7) is 19.9. The van der Waals surface area contributed by atoms with Crippen LogP contribution in [-0.2, 0) is 22.4 Å². The number of nitrogens with zero attached hydrogens (tertiary/aromatic N) is 2. The summed E-state index contributed by atoms with van der Waals surface area (Å²) in [7, 11) is 0. The summed E-state index contributed by atoms with van der Waals surface area (Å²) >= 11 is 0. The zero-order valence-corrected chi connectivity index (χ0v) is 29.1. The van der Waals surface area contributed by atoms with Crippen molar-refractivity contribution in [2.75, 3.05) is 0 Å². The van der Waals surface area contributed by atoms with E-state index in [1.165, 1.54) is 22.3 Å². The number of aryl methyl sites for hydroxylation is 2. The Balaban J connectivity index is 1.36. The number of H-pyrrole nitrogens is 2. The van der Waals surface area contributed by atoms with E-state index in [4.69, 9.17) is 0 Å². The highest BCUT2D eigenvalue weighted by Crippen LogP contribution is 2.38. The molecule has 46 heavy (non-hydrogen) atoms. The topological polar surface area (TPSA) is 116 Å². The lowest BCUT2D eigenvalue weighted by Crippen LogP contribution is -2.39. The fraction of sp³-hybridized carbons (Fsp3) is 0.474. The van der Waals surface area contributed by atoms with Crippen molar-refractivity contribution in [3.63, 3.8) is 0 Å². The Morgan fingerprint density at radius 1 is 0.652 bits per heavy atom. The second-order valence-corrected chi connectivity index (χ2v) is 15.5. The second kappa shape index (κ2) is 12.5. The lowest BCUT2D eigenvalue weighted by atomic mass is 9.83. The molecule has 2 atom stereocenters. The molecule has 5 rings (SSSR count). The van der Waals surface area contributed by atoms with Gasteiger partial charge in [0.1, 0.15) is 11.6 Å². The Bertz CT molecular complexity index is 1600. The maximum absolute atomic E-state index is 12.7. The van der Waals surface area contributed by atoms with Crippen molar-refractivity contribution in [1.29, 1.82) is 0 Å². The summed E-state index contributed by atoms with van der Waals surface area (Å²) in [6, 6.07) is 12.9. The number of nitrogens with one attached hydrogen (secondary N) is 4. The average Bonchev–Trinajstić information content (AvgIpc) is 3.67. The molecule has 2 aromatic carbocycles. The van der Waals surface area contributed by atoms with Gasteiger partial charge in [-0.2, -0.15) is 0 Å². The Labute approximate surface area is 273 Å². The van der Waals surface area contributed by atoms with Crippen LogP contribution in [0.25, 0.3) is 33.6 Å². The predicted octanol–water partition coefficient (Wildman–Crippen LogP) is 7.95. The lowest BCUT2D eigenvalue weighted by molar-refractivity contribution is -0.130. The van der Waals surface area contributed by atoms with E-state index in [1.54, 1.807) is 0 Å². The molecule has 8 heteroatoms. The molecule has 2 heterocycles. The van der Waals surface area contributed by atoms with Crippen LogP contribution in [0.15, 0.2) is 48.8 Å². The van der Waals surface area contributed by atoms with Gasteiger partial charge < -0.3 is 20.6 Å². The van der Waals surface area contributed by atoms with Gasteiger partial charge in [0.05, 0.1) is 35.9 Å². The van der Waals surface area contributed by atoms with Gasteiger partial charge in [0.15, 0.2) is 0 Å². The molecule has 4 N–H and O–H groups in total. The molecule has 0 saturated carbocycles. The zero-order valence-electron chi connectivity index (χ0n) is 29.1. The highest BCUT2D eigenvalue weighted by Gasteiger charge is 2.29. The molecule has 0 bridgehead atoms. The van der Waals surface area contributed by atoms with Crippen molar-refractivity contribution in [3.8, 4) is 33.6 Å². The van der Waals surface area contributed by atoms with Gasteiger partial charge in [-0.3, -0.25) is 9.59 Å². The van der Waals surface area contributed by atoms with Gasteiger partial charge in [-0.05, 0) is 70.2 Å². The maximum atomic E-state index is 12.7. The molecule has 2 amide bonds. The molecular weight excluding hydrogens is 572 g/mol. The van der Waals surface area contributed by atoms with Crippen LogP contribution in [-0.4, -0.2) is 31.8 Å². The monoisotopic (exact) mass is 622 g/mol. The van der Waals surface area contributed by atoms with Crippen molar-refractivity contribution in [2.24, 2.45) is 22.7 Å². The standard InChI is InChI=1S/C38H50N6O2/c1-21(2)31(43-35(45)37(5,6)7)33-39-19-29(41-33)25-13-15-27-23(17-25)11-12-24-18-26(14-16-28(24)27)30-20-40-34(42-30)32(22(3)4)44-36(46)38(8,9)10/h13-22,31-32H,11-12H2,1-10H3,(H,39,41)(H,40,42)(H,43,45)(H,44,46)/t31-,32-/m0/s1. The van der Waals surface area contributed by atoms with Gasteiger partial charge in [0.2, 0.25) is 11.8 Å². The van der Waals surface area contributed by atoms with Crippen LogP contribution in [0.2, 0.25) is 0 Å².